The molecule has 6 nitrogen and oxygen atoms in total. The molecule has 1 heterocycles. The van der Waals surface area contributed by atoms with Gasteiger partial charge in [-0.2, -0.15) is 4.98 Å². The standard InChI is InChI=1S/C25H33N3O3S/c1-15(2)20-12-21(16(3)4)24(22(13-20)17(5)6)32(29,30)26-14-23-27-25(28-31-23)19-10-8-9-18(7)11-19/h8-13,15-17,26H,14H2,1-7H3. The number of hydrogen-bond donors (Lipinski definition) is 1. The zero-order valence-electron chi connectivity index (χ0n) is 19.9. The first-order valence-electron chi connectivity index (χ1n) is 11.1. The molecule has 0 radical (unpaired) electrons. The van der Waals surface area contributed by atoms with E-state index in [1.54, 1.807) is 0 Å². The molecule has 0 amide bonds. The minimum Gasteiger partial charge on any atom is -0.338 e. The summed E-state index contributed by atoms with van der Waals surface area (Å²) in [5, 5.41) is 4.00. The second-order valence-electron chi connectivity index (χ2n) is 9.20. The van der Waals surface area contributed by atoms with Crippen molar-refractivity contribution < 1.29 is 12.9 Å². The van der Waals surface area contributed by atoms with Gasteiger partial charge in [-0.25, -0.2) is 13.1 Å². The molecule has 0 aliphatic carbocycles. The number of hydrogen-bond acceptors (Lipinski definition) is 5. The summed E-state index contributed by atoms with van der Waals surface area (Å²) in [6, 6.07) is 11.8. The van der Waals surface area contributed by atoms with Crippen LogP contribution in [0.3, 0.4) is 0 Å². The second kappa shape index (κ2) is 9.55. The van der Waals surface area contributed by atoms with Gasteiger partial charge in [-0.3, -0.25) is 0 Å². The van der Waals surface area contributed by atoms with Gasteiger partial charge in [0.05, 0.1) is 11.4 Å². The highest BCUT2D eigenvalue weighted by Gasteiger charge is 2.27. The molecule has 0 unspecified atom stereocenters. The van der Waals surface area contributed by atoms with Gasteiger partial charge in [-0.15, -0.1) is 0 Å². The Labute approximate surface area is 191 Å². The average molecular weight is 456 g/mol. The smallest absolute Gasteiger partial charge is 0.242 e. The van der Waals surface area contributed by atoms with Crippen molar-refractivity contribution in [2.24, 2.45) is 0 Å². The van der Waals surface area contributed by atoms with Crippen LogP contribution < -0.4 is 4.72 Å². The van der Waals surface area contributed by atoms with Gasteiger partial charge in [0.15, 0.2) is 0 Å². The maximum absolute atomic E-state index is 13.5. The summed E-state index contributed by atoms with van der Waals surface area (Å²) in [7, 11) is -3.79. The van der Waals surface area contributed by atoms with Crippen molar-refractivity contribution in [3.8, 4) is 11.4 Å². The van der Waals surface area contributed by atoms with E-state index in [1.807, 2.05) is 71.0 Å². The Morgan fingerprint density at radius 3 is 2.09 bits per heavy atom. The molecule has 0 spiro atoms. The monoisotopic (exact) mass is 455 g/mol. The predicted octanol–water partition coefficient (Wildman–Crippen LogP) is 5.89. The molecule has 1 N–H and O–H groups in total. The van der Waals surface area contributed by atoms with E-state index in [1.165, 1.54) is 0 Å². The van der Waals surface area contributed by atoms with Crippen LogP contribution in [-0.2, 0) is 16.6 Å². The molecule has 7 heteroatoms. The fourth-order valence-electron chi connectivity index (χ4n) is 3.66. The van der Waals surface area contributed by atoms with Crippen LogP contribution in [0.25, 0.3) is 11.4 Å². The highest BCUT2D eigenvalue weighted by Crippen LogP contribution is 2.35. The number of nitrogens with zero attached hydrogens (tertiary/aromatic N) is 2. The molecule has 0 bridgehead atoms. The lowest BCUT2D eigenvalue weighted by Gasteiger charge is -2.22. The summed E-state index contributed by atoms with van der Waals surface area (Å²) in [4.78, 5) is 4.73. The van der Waals surface area contributed by atoms with Gasteiger partial charge in [0, 0.05) is 5.56 Å². The van der Waals surface area contributed by atoms with Gasteiger partial charge >= 0.3 is 0 Å². The third kappa shape index (κ3) is 5.27. The second-order valence-corrected chi connectivity index (χ2v) is 10.9. The highest BCUT2D eigenvalue weighted by molar-refractivity contribution is 7.89. The first-order chi connectivity index (χ1) is 15.0. The summed E-state index contributed by atoms with van der Waals surface area (Å²) in [6.45, 7) is 14.3. The molecule has 0 saturated heterocycles. The zero-order valence-corrected chi connectivity index (χ0v) is 20.7. The Morgan fingerprint density at radius 2 is 1.56 bits per heavy atom. The molecule has 3 aromatic rings. The van der Waals surface area contributed by atoms with Gasteiger partial charge in [0.1, 0.15) is 0 Å². The van der Waals surface area contributed by atoms with Gasteiger partial charge in [-0.05, 0) is 47.4 Å². The fraction of sp³-hybridized carbons (Fsp3) is 0.440. The first-order valence-corrected chi connectivity index (χ1v) is 12.5. The van der Waals surface area contributed by atoms with E-state index >= 15 is 0 Å². The van der Waals surface area contributed by atoms with E-state index in [0.717, 1.165) is 27.8 Å². The largest absolute Gasteiger partial charge is 0.338 e. The number of aryl methyl sites for hydroxylation is 1. The molecule has 0 atom stereocenters. The van der Waals surface area contributed by atoms with E-state index in [0.29, 0.717) is 16.6 Å². The van der Waals surface area contributed by atoms with Crippen LogP contribution in [0.1, 0.15) is 87.4 Å². The van der Waals surface area contributed by atoms with E-state index in [4.69, 9.17) is 4.52 Å². The van der Waals surface area contributed by atoms with Crippen molar-refractivity contribution in [2.45, 2.75) is 77.7 Å². The van der Waals surface area contributed by atoms with E-state index < -0.39 is 10.0 Å². The molecule has 1 aromatic heterocycles. The summed E-state index contributed by atoms with van der Waals surface area (Å²) >= 11 is 0. The number of aromatic nitrogens is 2. The van der Waals surface area contributed by atoms with Crippen LogP contribution in [-0.4, -0.2) is 18.6 Å². The summed E-state index contributed by atoms with van der Waals surface area (Å²) in [6.07, 6.45) is 0. The van der Waals surface area contributed by atoms with E-state index in [9.17, 15) is 8.42 Å². The molecular weight excluding hydrogens is 422 g/mol. The Kier molecular flexibility index (Phi) is 7.20. The van der Waals surface area contributed by atoms with Crippen molar-refractivity contribution in [1.82, 2.24) is 14.9 Å². The normalized spacial score (nSPS) is 12.3. The number of benzene rings is 2. The van der Waals surface area contributed by atoms with Gasteiger partial charge in [0.2, 0.25) is 21.7 Å². The fourth-order valence-corrected chi connectivity index (χ4v) is 5.32. The minimum atomic E-state index is -3.79. The average Bonchev–Trinajstić information content (AvgIpc) is 3.20. The molecule has 3 rings (SSSR count). The topological polar surface area (TPSA) is 85.1 Å². The summed E-state index contributed by atoms with van der Waals surface area (Å²) in [5.41, 5.74) is 4.73. The zero-order chi connectivity index (χ0) is 23.6. The van der Waals surface area contributed by atoms with Crippen LogP contribution in [0.2, 0.25) is 0 Å². The summed E-state index contributed by atoms with van der Waals surface area (Å²) in [5.74, 6) is 1.10. The Bertz CT molecular complexity index is 1170. The lowest BCUT2D eigenvalue weighted by atomic mass is 9.89. The van der Waals surface area contributed by atoms with Crippen molar-refractivity contribution in [3.63, 3.8) is 0 Å². The Morgan fingerprint density at radius 1 is 0.938 bits per heavy atom. The highest BCUT2D eigenvalue weighted by atomic mass is 32.2. The molecule has 0 aliphatic rings. The third-order valence-corrected chi connectivity index (χ3v) is 7.04. The van der Waals surface area contributed by atoms with Gasteiger partial charge in [-0.1, -0.05) is 82.6 Å². The van der Waals surface area contributed by atoms with Crippen molar-refractivity contribution >= 4 is 10.0 Å². The molecular formula is C25H33N3O3S. The number of sulfonamides is 1. The Hall–Kier alpha value is -2.51. The van der Waals surface area contributed by atoms with Crippen LogP contribution in [0.15, 0.2) is 45.8 Å². The lowest BCUT2D eigenvalue weighted by molar-refractivity contribution is 0.376. The maximum Gasteiger partial charge on any atom is 0.242 e. The Balaban J connectivity index is 1.93. The van der Waals surface area contributed by atoms with Crippen LogP contribution in [0.4, 0.5) is 0 Å². The molecule has 32 heavy (non-hydrogen) atoms. The molecule has 0 aliphatic heterocycles. The first kappa shape index (κ1) is 24.1. The predicted molar refractivity (Wildman–Crippen MR) is 127 cm³/mol. The van der Waals surface area contributed by atoms with Crippen LogP contribution in [0, 0.1) is 6.92 Å². The van der Waals surface area contributed by atoms with Crippen molar-refractivity contribution in [2.75, 3.05) is 0 Å². The number of rotatable bonds is 8. The van der Waals surface area contributed by atoms with Crippen LogP contribution in [0.5, 0.6) is 0 Å². The molecule has 0 saturated carbocycles. The SMILES string of the molecule is Cc1cccc(-c2noc(CNS(=O)(=O)c3c(C(C)C)cc(C(C)C)cc3C(C)C)n2)c1. The molecule has 2 aromatic carbocycles. The van der Waals surface area contributed by atoms with Crippen molar-refractivity contribution in [1.29, 1.82) is 0 Å². The third-order valence-electron chi connectivity index (χ3n) is 5.51. The minimum absolute atomic E-state index is 0.0640. The van der Waals surface area contributed by atoms with E-state index in [-0.39, 0.29) is 24.3 Å². The van der Waals surface area contributed by atoms with Crippen molar-refractivity contribution in [3.05, 3.63) is 64.5 Å². The number of nitrogens with one attached hydrogen (secondary N) is 1. The van der Waals surface area contributed by atoms with Crippen LogP contribution >= 0.6 is 0 Å². The van der Waals surface area contributed by atoms with E-state index in [2.05, 4.69) is 28.7 Å². The molecule has 172 valence electrons. The molecule has 0 fully saturated rings. The quantitative estimate of drug-likeness (QED) is 0.457. The summed E-state index contributed by atoms with van der Waals surface area (Å²) < 4.78 is 34.9. The van der Waals surface area contributed by atoms with Gasteiger partial charge < -0.3 is 4.52 Å². The van der Waals surface area contributed by atoms with Gasteiger partial charge in [0.25, 0.3) is 0 Å². The maximum atomic E-state index is 13.5. The lowest BCUT2D eigenvalue weighted by Crippen LogP contribution is -2.26.